The van der Waals surface area contributed by atoms with Gasteiger partial charge < -0.3 is 19.5 Å². The van der Waals surface area contributed by atoms with Crippen LogP contribution in [0.5, 0.6) is 0 Å². The molecule has 2 N–H and O–H groups in total. The Morgan fingerprint density at radius 3 is 2.48 bits per heavy atom. The lowest BCUT2D eigenvalue weighted by molar-refractivity contribution is -0.147. The van der Waals surface area contributed by atoms with Crippen molar-refractivity contribution in [1.82, 2.24) is 10.2 Å². The van der Waals surface area contributed by atoms with E-state index in [2.05, 4.69) is 5.32 Å². The van der Waals surface area contributed by atoms with E-state index in [1.165, 1.54) is 0 Å². The average molecular weight is 414 g/mol. The number of hydrogen-bond acceptors (Lipinski definition) is 6. The second-order valence-corrected chi connectivity index (χ2v) is 8.10. The van der Waals surface area contributed by atoms with Crippen molar-refractivity contribution in [3.8, 4) is 0 Å². The van der Waals surface area contributed by atoms with Crippen LogP contribution in [0.4, 0.5) is 13.6 Å². The molecule has 1 heterocycles. The molecule has 1 atom stereocenters. The van der Waals surface area contributed by atoms with Crippen molar-refractivity contribution in [3.63, 3.8) is 0 Å². The van der Waals surface area contributed by atoms with Crippen LogP contribution in [-0.2, 0) is 20.9 Å². The van der Waals surface area contributed by atoms with Gasteiger partial charge >= 0.3 is 12.1 Å². The zero-order valence-electron chi connectivity index (χ0n) is 16.9. The molecule has 9 heteroatoms. The largest absolute Gasteiger partial charge is 0.460 e. The number of hydrogen-bond donors (Lipinski definition) is 2. The van der Waals surface area contributed by atoms with Crippen LogP contribution in [0.1, 0.15) is 32.8 Å². The first-order chi connectivity index (χ1) is 13.5. The number of aliphatic hydroxyl groups excluding tert-OH is 1. The Morgan fingerprint density at radius 1 is 1.24 bits per heavy atom. The Labute approximate surface area is 169 Å². The Balaban J connectivity index is 2.00. The number of aliphatic hydroxyl groups is 1. The maximum atomic E-state index is 14.5. The van der Waals surface area contributed by atoms with Crippen LogP contribution in [0.2, 0.25) is 0 Å². The molecule has 1 amide bonds. The molecule has 1 aliphatic rings. The highest BCUT2D eigenvalue weighted by Gasteiger charge is 2.57. The predicted octanol–water partition coefficient (Wildman–Crippen LogP) is 2.33. The molecule has 162 valence electrons. The molecule has 0 aromatic heterocycles. The van der Waals surface area contributed by atoms with Crippen molar-refractivity contribution in [3.05, 3.63) is 35.9 Å². The zero-order chi connectivity index (χ0) is 21.7. The highest BCUT2D eigenvalue weighted by molar-refractivity contribution is 5.72. The van der Waals surface area contributed by atoms with Gasteiger partial charge in [0.1, 0.15) is 24.4 Å². The number of ether oxygens (including phenoxy) is 2. The molecule has 1 saturated heterocycles. The van der Waals surface area contributed by atoms with Crippen LogP contribution >= 0.6 is 0 Å². The minimum atomic E-state index is -3.55. The van der Waals surface area contributed by atoms with Crippen LogP contribution < -0.4 is 5.32 Å². The Bertz CT molecular complexity index is 709. The van der Waals surface area contributed by atoms with Crippen LogP contribution in [-0.4, -0.2) is 65.4 Å². The molecular formula is C20H28F2N2O5. The van der Waals surface area contributed by atoms with Crippen LogP contribution in [0, 0.1) is 0 Å². The van der Waals surface area contributed by atoms with Crippen molar-refractivity contribution in [2.45, 2.75) is 50.9 Å². The van der Waals surface area contributed by atoms with Gasteiger partial charge in [-0.3, -0.25) is 10.1 Å². The van der Waals surface area contributed by atoms with Gasteiger partial charge in [-0.2, -0.15) is 0 Å². The van der Waals surface area contributed by atoms with Gasteiger partial charge in [0.05, 0.1) is 6.54 Å². The van der Waals surface area contributed by atoms with Gasteiger partial charge in [-0.1, -0.05) is 30.3 Å². The zero-order valence-corrected chi connectivity index (χ0v) is 16.9. The van der Waals surface area contributed by atoms with E-state index in [9.17, 15) is 23.5 Å². The topological polar surface area (TPSA) is 88.1 Å². The van der Waals surface area contributed by atoms with Crippen LogP contribution in [0.3, 0.4) is 0 Å². The van der Waals surface area contributed by atoms with Crippen molar-refractivity contribution in [1.29, 1.82) is 0 Å². The second kappa shape index (κ2) is 9.04. The van der Waals surface area contributed by atoms with Gasteiger partial charge in [0, 0.05) is 13.1 Å². The molecule has 1 aromatic rings. The molecule has 29 heavy (non-hydrogen) atoms. The second-order valence-electron chi connectivity index (χ2n) is 8.10. The molecule has 7 nitrogen and oxygen atoms in total. The van der Waals surface area contributed by atoms with E-state index >= 15 is 0 Å². The molecule has 0 spiro atoms. The molecule has 0 saturated carbocycles. The quantitative estimate of drug-likeness (QED) is 0.666. The van der Waals surface area contributed by atoms with Crippen LogP contribution in [0.25, 0.3) is 0 Å². The summed E-state index contributed by atoms with van der Waals surface area (Å²) in [5.74, 6) is -4.26. The van der Waals surface area contributed by atoms with E-state index in [1.54, 1.807) is 45.0 Å². The summed E-state index contributed by atoms with van der Waals surface area (Å²) in [6.07, 6.45) is -0.868. The summed E-state index contributed by atoms with van der Waals surface area (Å²) in [5, 5.41) is 11.7. The minimum Gasteiger partial charge on any atom is -0.460 e. The number of rotatable bonds is 7. The number of halogens is 2. The van der Waals surface area contributed by atoms with E-state index in [4.69, 9.17) is 9.47 Å². The lowest BCUT2D eigenvalue weighted by atomic mass is 9.90. The van der Waals surface area contributed by atoms with Gasteiger partial charge in [-0.25, -0.2) is 13.6 Å². The summed E-state index contributed by atoms with van der Waals surface area (Å²) >= 11 is 0. The van der Waals surface area contributed by atoms with Gasteiger partial charge in [0.15, 0.2) is 0 Å². The Kier molecular flexibility index (Phi) is 7.18. The van der Waals surface area contributed by atoms with E-state index in [0.717, 1.165) is 10.5 Å². The SMILES string of the molecule is CC(C)(C)OC(=O)N1CCC(NCC(=O)OCc2ccccc2)(C(F)(F)CO)C1. The Morgan fingerprint density at radius 2 is 1.90 bits per heavy atom. The smallest absolute Gasteiger partial charge is 0.410 e. The summed E-state index contributed by atoms with van der Waals surface area (Å²) < 4.78 is 39.4. The number of alkyl halides is 2. The third kappa shape index (κ3) is 6.11. The number of likely N-dealkylation sites (tertiary alicyclic amines) is 1. The molecule has 0 radical (unpaired) electrons. The standard InChI is InChI=1S/C20H28F2N2O5/c1-18(2,3)29-17(27)24-10-9-19(13-24,20(21,22)14-25)23-11-16(26)28-12-15-7-5-4-6-8-15/h4-8,23,25H,9-14H2,1-3H3. The van der Waals surface area contributed by atoms with Crippen molar-refractivity contribution < 1.29 is 33.0 Å². The third-order valence-corrected chi connectivity index (χ3v) is 4.63. The van der Waals surface area contributed by atoms with Crippen molar-refractivity contribution >= 4 is 12.1 Å². The number of esters is 1. The Hall–Kier alpha value is -2.26. The monoisotopic (exact) mass is 414 g/mol. The molecule has 0 aliphatic carbocycles. The summed E-state index contributed by atoms with van der Waals surface area (Å²) in [6.45, 7) is 2.77. The number of amides is 1. The normalized spacial score (nSPS) is 19.9. The number of nitrogens with one attached hydrogen (secondary N) is 1. The van der Waals surface area contributed by atoms with Gasteiger partial charge in [-0.15, -0.1) is 0 Å². The molecule has 1 aromatic carbocycles. The number of carbonyl (C=O) groups is 2. The van der Waals surface area contributed by atoms with Gasteiger partial charge in [-0.05, 0) is 32.8 Å². The van der Waals surface area contributed by atoms with E-state index < -0.39 is 48.8 Å². The molecule has 2 rings (SSSR count). The van der Waals surface area contributed by atoms with Gasteiger partial charge in [0.25, 0.3) is 5.92 Å². The number of nitrogens with zero attached hydrogens (tertiary/aromatic N) is 1. The summed E-state index contributed by atoms with van der Waals surface area (Å²) in [5.41, 5.74) is -1.95. The predicted molar refractivity (Wildman–Crippen MR) is 101 cm³/mol. The first-order valence-corrected chi connectivity index (χ1v) is 9.39. The van der Waals surface area contributed by atoms with E-state index in [0.29, 0.717) is 0 Å². The molecule has 1 unspecified atom stereocenters. The fraction of sp³-hybridized carbons (Fsp3) is 0.600. The highest BCUT2D eigenvalue weighted by atomic mass is 19.3. The molecular weight excluding hydrogens is 386 g/mol. The van der Waals surface area contributed by atoms with Crippen molar-refractivity contribution in [2.24, 2.45) is 0 Å². The number of benzene rings is 1. The maximum Gasteiger partial charge on any atom is 0.410 e. The first kappa shape index (κ1) is 23.0. The van der Waals surface area contributed by atoms with Crippen molar-refractivity contribution in [2.75, 3.05) is 26.2 Å². The lowest BCUT2D eigenvalue weighted by Crippen LogP contribution is -2.63. The van der Waals surface area contributed by atoms with Gasteiger partial charge in [0.2, 0.25) is 0 Å². The van der Waals surface area contributed by atoms with Crippen LogP contribution in [0.15, 0.2) is 30.3 Å². The third-order valence-electron chi connectivity index (χ3n) is 4.63. The molecule has 1 aliphatic heterocycles. The maximum absolute atomic E-state index is 14.5. The van der Waals surface area contributed by atoms with E-state index in [-0.39, 0.29) is 19.6 Å². The highest BCUT2D eigenvalue weighted by Crippen LogP contribution is 2.37. The molecule has 0 bridgehead atoms. The fourth-order valence-electron chi connectivity index (χ4n) is 3.05. The minimum absolute atomic E-state index is 0.0105. The number of carbonyl (C=O) groups excluding carboxylic acids is 2. The summed E-state index contributed by atoms with van der Waals surface area (Å²) in [6, 6.07) is 8.96. The summed E-state index contributed by atoms with van der Waals surface area (Å²) in [7, 11) is 0. The average Bonchev–Trinajstić information content (AvgIpc) is 3.11. The fourth-order valence-corrected chi connectivity index (χ4v) is 3.05. The summed E-state index contributed by atoms with van der Waals surface area (Å²) in [4.78, 5) is 25.4. The first-order valence-electron chi connectivity index (χ1n) is 9.39. The van der Waals surface area contributed by atoms with E-state index in [1.807, 2.05) is 6.07 Å². The lowest BCUT2D eigenvalue weighted by Gasteiger charge is -2.37. The molecule has 1 fully saturated rings.